The molecule has 11 heteroatoms. The molecule has 144 valence electrons. The van der Waals surface area contributed by atoms with E-state index in [0.29, 0.717) is 5.56 Å². The van der Waals surface area contributed by atoms with Gasteiger partial charge in [0.05, 0.1) is 26.9 Å². The molecule has 0 saturated heterocycles. The predicted molar refractivity (Wildman–Crippen MR) is 109 cm³/mol. The standard InChI is InChI=1S/C18H10Cl2N6O3/c19-14-6-11(26(28)29)7-15(20)13(14)9-22-25-18-23-16(10-4-2-1-3-5-10)12(8-21)17(27)24-18/h1-7,9H,(H2,23,24,25,27). The second kappa shape index (κ2) is 8.52. The number of nitrogens with zero attached hydrogens (tertiary/aromatic N) is 4. The topological polar surface area (TPSA) is 137 Å². The molecule has 0 fully saturated rings. The van der Waals surface area contributed by atoms with Crippen molar-refractivity contribution in [2.75, 3.05) is 5.43 Å². The molecule has 29 heavy (non-hydrogen) atoms. The molecule has 0 unspecified atom stereocenters. The summed E-state index contributed by atoms with van der Waals surface area (Å²) in [4.78, 5) is 29.0. The molecule has 0 atom stereocenters. The summed E-state index contributed by atoms with van der Waals surface area (Å²) < 4.78 is 0. The van der Waals surface area contributed by atoms with Gasteiger partial charge in [0.2, 0.25) is 5.95 Å². The number of non-ortho nitro benzene ring substituents is 1. The third-order valence-electron chi connectivity index (χ3n) is 3.72. The lowest BCUT2D eigenvalue weighted by atomic mass is 10.1. The van der Waals surface area contributed by atoms with Crippen LogP contribution < -0.4 is 11.0 Å². The molecule has 9 nitrogen and oxygen atoms in total. The Morgan fingerprint density at radius 3 is 2.48 bits per heavy atom. The first-order chi connectivity index (χ1) is 13.9. The number of hydrogen-bond acceptors (Lipinski definition) is 7. The Morgan fingerprint density at radius 1 is 1.24 bits per heavy atom. The van der Waals surface area contributed by atoms with Gasteiger partial charge in [0.15, 0.2) is 0 Å². The zero-order valence-electron chi connectivity index (χ0n) is 14.4. The number of aromatic amines is 1. The largest absolute Gasteiger partial charge is 0.290 e. The summed E-state index contributed by atoms with van der Waals surface area (Å²) in [5, 5.41) is 24.1. The van der Waals surface area contributed by atoms with Gasteiger partial charge >= 0.3 is 0 Å². The summed E-state index contributed by atoms with van der Waals surface area (Å²) in [7, 11) is 0. The van der Waals surface area contributed by atoms with E-state index in [9.17, 15) is 20.2 Å². The number of hydrazone groups is 1. The highest BCUT2D eigenvalue weighted by molar-refractivity contribution is 6.39. The van der Waals surface area contributed by atoms with E-state index in [-0.39, 0.29) is 38.5 Å². The summed E-state index contributed by atoms with van der Waals surface area (Å²) in [6.07, 6.45) is 1.23. The normalized spacial score (nSPS) is 10.7. The molecule has 1 heterocycles. The quantitative estimate of drug-likeness (QED) is 0.358. The Hall–Kier alpha value is -3.74. The molecule has 0 saturated carbocycles. The number of anilines is 1. The maximum atomic E-state index is 12.2. The fourth-order valence-electron chi connectivity index (χ4n) is 2.39. The molecule has 0 radical (unpaired) electrons. The average Bonchev–Trinajstić information content (AvgIpc) is 2.70. The van der Waals surface area contributed by atoms with Crippen molar-refractivity contribution in [1.29, 1.82) is 5.26 Å². The zero-order chi connectivity index (χ0) is 21.0. The summed E-state index contributed by atoms with van der Waals surface area (Å²) in [6, 6.07) is 12.9. The molecular weight excluding hydrogens is 419 g/mol. The first-order valence-electron chi connectivity index (χ1n) is 7.93. The number of aromatic nitrogens is 2. The Balaban J connectivity index is 1.92. The van der Waals surface area contributed by atoms with Crippen molar-refractivity contribution in [3.05, 3.63) is 84.1 Å². The van der Waals surface area contributed by atoms with Gasteiger partial charge in [0, 0.05) is 23.3 Å². The summed E-state index contributed by atoms with van der Waals surface area (Å²) in [5.74, 6) is -0.0155. The maximum absolute atomic E-state index is 12.2. The van der Waals surface area contributed by atoms with Crippen LogP contribution in [0.25, 0.3) is 11.3 Å². The van der Waals surface area contributed by atoms with Crippen LogP contribution in [0.4, 0.5) is 11.6 Å². The van der Waals surface area contributed by atoms with E-state index in [1.165, 1.54) is 6.21 Å². The number of nitro benzene ring substituents is 1. The lowest BCUT2D eigenvalue weighted by Crippen LogP contribution is -2.16. The van der Waals surface area contributed by atoms with E-state index in [4.69, 9.17) is 23.2 Å². The molecule has 2 N–H and O–H groups in total. The first kappa shape index (κ1) is 20.0. The molecule has 2 aromatic carbocycles. The third kappa shape index (κ3) is 4.40. The molecular formula is C18H10Cl2N6O3. The van der Waals surface area contributed by atoms with E-state index in [2.05, 4.69) is 20.5 Å². The summed E-state index contributed by atoms with van der Waals surface area (Å²) in [5.41, 5.74) is 2.53. The van der Waals surface area contributed by atoms with Crippen LogP contribution >= 0.6 is 23.2 Å². The lowest BCUT2D eigenvalue weighted by molar-refractivity contribution is -0.384. The van der Waals surface area contributed by atoms with Crippen molar-refractivity contribution in [3.63, 3.8) is 0 Å². The van der Waals surface area contributed by atoms with Gasteiger partial charge in [0.1, 0.15) is 11.6 Å². The van der Waals surface area contributed by atoms with Gasteiger partial charge in [0.25, 0.3) is 11.2 Å². The Bertz CT molecular complexity index is 1200. The second-order valence-corrected chi connectivity index (χ2v) is 6.38. The van der Waals surface area contributed by atoms with Crippen LogP contribution in [0.5, 0.6) is 0 Å². The average molecular weight is 429 g/mol. The number of rotatable bonds is 5. The van der Waals surface area contributed by atoms with Crippen LogP contribution in [0, 0.1) is 21.4 Å². The van der Waals surface area contributed by atoms with E-state index in [1.54, 1.807) is 30.3 Å². The van der Waals surface area contributed by atoms with Crippen LogP contribution in [0.3, 0.4) is 0 Å². The molecule has 0 bridgehead atoms. The van der Waals surface area contributed by atoms with Crippen molar-refractivity contribution in [2.45, 2.75) is 0 Å². The first-order valence-corrected chi connectivity index (χ1v) is 8.68. The highest BCUT2D eigenvalue weighted by Crippen LogP contribution is 2.29. The molecule has 1 aromatic heterocycles. The maximum Gasteiger partial charge on any atom is 0.272 e. The molecule has 3 rings (SSSR count). The van der Waals surface area contributed by atoms with Crippen molar-refractivity contribution in [2.24, 2.45) is 5.10 Å². The van der Waals surface area contributed by atoms with E-state index < -0.39 is 10.5 Å². The molecule has 0 aliphatic rings. The Kier molecular flexibility index (Phi) is 5.87. The van der Waals surface area contributed by atoms with Gasteiger partial charge in [-0.1, -0.05) is 53.5 Å². The summed E-state index contributed by atoms with van der Waals surface area (Å²) in [6.45, 7) is 0. The smallest absolute Gasteiger partial charge is 0.272 e. The van der Waals surface area contributed by atoms with Crippen LogP contribution in [0.2, 0.25) is 10.0 Å². The second-order valence-electron chi connectivity index (χ2n) is 5.57. The number of benzene rings is 2. The number of nitriles is 1. The summed E-state index contributed by atoms with van der Waals surface area (Å²) >= 11 is 12.0. The van der Waals surface area contributed by atoms with Gasteiger partial charge in [-0.25, -0.2) is 10.4 Å². The minimum absolute atomic E-state index is 0.0155. The highest BCUT2D eigenvalue weighted by atomic mass is 35.5. The van der Waals surface area contributed by atoms with Crippen LogP contribution in [-0.4, -0.2) is 21.1 Å². The third-order valence-corrected chi connectivity index (χ3v) is 4.34. The lowest BCUT2D eigenvalue weighted by Gasteiger charge is -2.06. The number of halogens is 2. The SMILES string of the molecule is N#Cc1c(-c2ccccc2)nc(NN=Cc2c(Cl)cc([N+](=O)[O-])cc2Cl)[nH]c1=O. The van der Waals surface area contributed by atoms with Crippen LogP contribution in [0.1, 0.15) is 11.1 Å². The number of H-pyrrole nitrogens is 1. The van der Waals surface area contributed by atoms with E-state index in [1.807, 2.05) is 6.07 Å². The number of nitro groups is 1. The van der Waals surface area contributed by atoms with Gasteiger partial charge in [-0.15, -0.1) is 0 Å². The fraction of sp³-hybridized carbons (Fsp3) is 0. The van der Waals surface area contributed by atoms with Gasteiger partial charge in [-0.3, -0.25) is 19.9 Å². The van der Waals surface area contributed by atoms with Gasteiger partial charge < -0.3 is 0 Å². The van der Waals surface area contributed by atoms with Gasteiger partial charge in [-0.05, 0) is 0 Å². The van der Waals surface area contributed by atoms with Crippen molar-refractivity contribution >= 4 is 41.1 Å². The Labute approximate surface area is 173 Å². The van der Waals surface area contributed by atoms with Crippen molar-refractivity contribution in [3.8, 4) is 17.3 Å². The van der Waals surface area contributed by atoms with Crippen molar-refractivity contribution in [1.82, 2.24) is 9.97 Å². The number of nitrogens with one attached hydrogen (secondary N) is 2. The Morgan fingerprint density at radius 2 is 1.90 bits per heavy atom. The highest BCUT2D eigenvalue weighted by Gasteiger charge is 2.14. The van der Waals surface area contributed by atoms with E-state index >= 15 is 0 Å². The fourth-order valence-corrected chi connectivity index (χ4v) is 2.97. The molecule has 0 aliphatic carbocycles. The molecule has 0 spiro atoms. The van der Waals surface area contributed by atoms with E-state index in [0.717, 1.165) is 12.1 Å². The zero-order valence-corrected chi connectivity index (χ0v) is 15.9. The van der Waals surface area contributed by atoms with Crippen LogP contribution in [0.15, 0.2) is 52.4 Å². The van der Waals surface area contributed by atoms with Crippen LogP contribution in [-0.2, 0) is 0 Å². The monoisotopic (exact) mass is 428 g/mol. The van der Waals surface area contributed by atoms with Gasteiger partial charge in [-0.2, -0.15) is 10.4 Å². The molecule has 0 aliphatic heterocycles. The predicted octanol–water partition coefficient (Wildman–Crippen LogP) is 3.97. The minimum Gasteiger partial charge on any atom is -0.290 e. The molecule has 0 amide bonds. The minimum atomic E-state index is -0.634. The van der Waals surface area contributed by atoms with Crippen molar-refractivity contribution < 1.29 is 4.92 Å². The molecule has 3 aromatic rings. The number of hydrogen-bond donors (Lipinski definition) is 2.